The second-order valence-corrected chi connectivity index (χ2v) is 5.33. The molecule has 0 aliphatic carbocycles. The number of aromatic nitrogens is 1. The minimum Gasteiger partial charge on any atom is -0.494 e. The summed E-state index contributed by atoms with van der Waals surface area (Å²) in [7, 11) is 0. The van der Waals surface area contributed by atoms with Gasteiger partial charge in [0, 0.05) is 10.9 Å². The molecule has 0 radical (unpaired) electrons. The zero-order chi connectivity index (χ0) is 17.1. The van der Waals surface area contributed by atoms with Crippen LogP contribution in [0.5, 0.6) is 11.6 Å². The Labute approximate surface area is 138 Å². The highest BCUT2D eigenvalue weighted by Crippen LogP contribution is 2.36. The Morgan fingerprint density at radius 3 is 2.67 bits per heavy atom. The van der Waals surface area contributed by atoms with Crippen LogP contribution in [-0.4, -0.2) is 22.6 Å². The summed E-state index contributed by atoms with van der Waals surface area (Å²) in [5.41, 5.74) is 2.42. The molecule has 1 amide bonds. The van der Waals surface area contributed by atoms with Crippen molar-refractivity contribution in [2.45, 2.75) is 13.8 Å². The summed E-state index contributed by atoms with van der Waals surface area (Å²) in [4.78, 5) is 14.9. The molecule has 6 nitrogen and oxygen atoms in total. The van der Waals surface area contributed by atoms with Crippen molar-refractivity contribution in [2.75, 3.05) is 6.61 Å². The number of fused-ring (bicyclic) bond motifs is 1. The van der Waals surface area contributed by atoms with Gasteiger partial charge in [0.25, 0.3) is 5.91 Å². The highest BCUT2D eigenvalue weighted by molar-refractivity contribution is 5.97. The fraction of sp³-hybridized carbons (Fsp3) is 0.167. The number of azo groups is 1. The van der Waals surface area contributed by atoms with E-state index in [1.165, 1.54) is 0 Å². The number of aryl methyl sites for hydroxylation is 1. The third-order valence-corrected chi connectivity index (χ3v) is 3.56. The molecule has 6 heteroatoms. The molecular weight excluding hydrogens is 306 g/mol. The van der Waals surface area contributed by atoms with Crippen molar-refractivity contribution < 1.29 is 14.6 Å². The van der Waals surface area contributed by atoms with Gasteiger partial charge in [0.2, 0.25) is 5.88 Å². The van der Waals surface area contributed by atoms with E-state index in [4.69, 9.17) is 4.74 Å². The number of aromatic amines is 1. The molecule has 3 aromatic rings. The minimum atomic E-state index is -0.487. The van der Waals surface area contributed by atoms with Gasteiger partial charge < -0.3 is 14.8 Å². The molecule has 0 unspecified atom stereocenters. The number of aromatic hydroxyl groups is 1. The molecule has 0 fully saturated rings. The maximum Gasteiger partial charge on any atom is 0.295 e. The summed E-state index contributed by atoms with van der Waals surface area (Å²) in [6.45, 7) is 4.39. The van der Waals surface area contributed by atoms with Gasteiger partial charge in [-0.3, -0.25) is 4.79 Å². The Balaban J connectivity index is 1.86. The molecule has 0 aliphatic heterocycles. The molecule has 3 rings (SSSR count). The van der Waals surface area contributed by atoms with Gasteiger partial charge in [0.1, 0.15) is 5.75 Å². The first-order chi connectivity index (χ1) is 11.6. The summed E-state index contributed by atoms with van der Waals surface area (Å²) in [6.07, 6.45) is 0. The number of rotatable bonds is 4. The van der Waals surface area contributed by atoms with Crippen LogP contribution in [0.2, 0.25) is 0 Å². The summed E-state index contributed by atoms with van der Waals surface area (Å²) >= 11 is 0. The normalized spacial score (nSPS) is 11.2. The maximum atomic E-state index is 12.1. The molecule has 0 bridgehead atoms. The zero-order valence-electron chi connectivity index (χ0n) is 13.4. The van der Waals surface area contributed by atoms with Crippen LogP contribution in [-0.2, 0) is 0 Å². The number of carbonyl (C=O) groups excluding carboxylic acids is 1. The first-order valence-electron chi connectivity index (χ1n) is 7.58. The molecule has 2 aromatic carbocycles. The highest BCUT2D eigenvalue weighted by atomic mass is 16.5. The van der Waals surface area contributed by atoms with Crippen LogP contribution in [0.1, 0.15) is 22.8 Å². The lowest BCUT2D eigenvalue weighted by Crippen LogP contribution is -1.95. The van der Waals surface area contributed by atoms with Crippen molar-refractivity contribution in [3.63, 3.8) is 0 Å². The molecule has 2 N–H and O–H groups in total. The predicted molar refractivity (Wildman–Crippen MR) is 91.2 cm³/mol. The van der Waals surface area contributed by atoms with Crippen LogP contribution in [0, 0.1) is 6.92 Å². The van der Waals surface area contributed by atoms with E-state index >= 15 is 0 Å². The fourth-order valence-electron chi connectivity index (χ4n) is 2.39. The van der Waals surface area contributed by atoms with Crippen molar-refractivity contribution >= 4 is 22.5 Å². The van der Waals surface area contributed by atoms with E-state index in [0.717, 1.165) is 16.5 Å². The zero-order valence-corrected chi connectivity index (χ0v) is 13.4. The lowest BCUT2D eigenvalue weighted by atomic mass is 10.1. The predicted octanol–water partition coefficient (Wildman–Crippen LogP) is 4.50. The number of carbonyl (C=O) groups is 1. The molecule has 122 valence electrons. The maximum absolute atomic E-state index is 12.1. The molecule has 24 heavy (non-hydrogen) atoms. The second-order valence-electron chi connectivity index (χ2n) is 5.33. The molecular formula is C18H17N3O3. The molecule has 0 saturated heterocycles. The van der Waals surface area contributed by atoms with E-state index in [1.807, 2.05) is 32.0 Å². The molecule has 1 aromatic heterocycles. The van der Waals surface area contributed by atoms with E-state index in [2.05, 4.69) is 15.2 Å². The number of hydrogen-bond donors (Lipinski definition) is 2. The average Bonchev–Trinajstić information content (AvgIpc) is 2.88. The summed E-state index contributed by atoms with van der Waals surface area (Å²) < 4.78 is 5.33. The van der Waals surface area contributed by atoms with Gasteiger partial charge in [0.05, 0.1) is 12.1 Å². The van der Waals surface area contributed by atoms with E-state index in [-0.39, 0.29) is 11.6 Å². The number of amides is 1. The first-order valence-corrected chi connectivity index (χ1v) is 7.58. The van der Waals surface area contributed by atoms with Crippen LogP contribution >= 0.6 is 0 Å². The number of hydrogen-bond acceptors (Lipinski definition) is 4. The number of benzene rings is 2. The van der Waals surface area contributed by atoms with Crippen molar-refractivity contribution in [3.8, 4) is 11.6 Å². The van der Waals surface area contributed by atoms with Crippen LogP contribution < -0.4 is 4.74 Å². The van der Waals surface area contributed by atoms with Gasteiger partial charge in [-0.15, -0.1) is 10.2 Å². The number of ether oxygens (including phenoxy) is 1. The van der Waals surface area contributed by atoms with Gasteiger partial charge >= 0.3 is 0 Å². The lowest BCUT2D eigenvalue weighted by molar-refractivity contribution is 0.0995. The van der Waals surface area contributed by atoms with Crippen molar-refractivity contribution in [1.29, 1.82) is 0 Å². The first kappa shape index (κ1) is 15.7. The minimum absolute atomic E-state index is 0.112. The Morgan fingerprint density at radius 1 is 1.21 bits per heavy atom. The van der Waals surface area contributed by atoms with E-state index in [0.29, 0.717) is 17.9 Å². The van der Waals surface area contributed by atoms with Gasteiger partial charge in [-0.2, -0.15) is 0 Å². The monoisotopic (exact) mass is 323 g/mol. The van der Waals surface area contributed by atoms with Gasteiger partial charge in [-0.1, -0.05) is 11.6 Å². The van der Waals surface area contributed by atoms with Gasteiger partial charge in [0.15, 0.2) is 5.69 Å². The van der Waals surface area contributed by atoms with Crippen LogP contribution in [0.4, 0.5) is 5.69 Å². The van der Waals surface area contributed by atoms with Crippen molar-refractivity contribution in [2.24, 2.45) is 10.2 Å². The number of nitrogens with one attached hydrogen (secondary N) is 1. The number of H-pyrrole nitrogens is 1. The highest BCUT2D eigenvalue weighted by Gasteiger charge is 2.11. The van der Waals surface area contributed by atoms with Crippen LogP contribution in [0.25, 0.3) is 10.9 Å². The second kappa shape index (κ2) is 6.54. The molecule has 0 saturated carbocycles. The SMILES string of the molecule is CCOc1ccc(C(=O)N=Nc2c(O)[nH]c3ccc(C)cc23)cc1. The third kappa shape index (κ3) is 3.12. The molecule has 0 atom stereocenters. The quantitative estimate of drug-likeness (QED) is 0.693. The van der Waals surface area contributed by atoms with E-state index in [1.54, 1.807) is 24.3 Å². The lowest BCUT2D eigenvalue weighted by Gasteiger charge is -2.02. The van der Waals surface area contributed by atoms with Gasteiger partial charge in [-0.05, 0) is 50.2 Å². The van der Waals surface area contributed by atoms with E-state index < -0.39 is 5.91 Å². The summed E-state index contributed by atoms with van der Waals surface area (Å²) in [6, 6.07) is 12.3. The standard InChI is InChI=1S/C18H17N3O3/c1-3-24-13-7-5-12(6-8-13)17(22)21-20-16-14-10-11(2)4-9-15(14)19-18(16)23/h4-10,19,23H,3H2,1-2H3. The van der Waals surface area contributed by atoms with Gasteiger partial charge in [-0.25, -0.2) is 0 Å². The van der Waals surface area contributed by atoms with E-state index in [9.17, 15) is 9.90 Å². The smallest absolute Gasteiger partial charge is 0.295 e. The Kier molecular flexibility index (Phi) is 4.29. The number of nitrogens with zero attached hydrogens (tertiary/aromatic N) is 2. The van der Waals surface area contributed by atoms with Crippen molar-refractivity contribution in [1.82, 2.24) is 4.98 Å². The van der Waals surface area contributed by atoms with Crippen LogP contribution in [0.3, 0.4) is 0 Å². The Bertz CT molecular complexity index is 911. The topological polar surface area (TPSA) is 87.0 Å². The summed E-state index contributed by atoms with van der Waals surface area (Å²) in [5.74, 6) is 0.0917. The molecule has 0 aliphatic rings. The fourth-order valence-corrected chi connectivity index (χ4v) is 2.39. The Hall–Kier alpha value is -3.15. The average molecular weight is 323 g/mol. The third-order valence-electron chi connectivity index (χ3n) is 3.56. The molecule has 0 spiro atoms. The summed E-state index contributed by atoms with van der Waals surface area (Å²) in [5, 5.41) is 18.3. The van der Waals surface area contributed by atoms with Crippen LogP contribution in [0.15, 0.2) is 52.7 Å². The molecule has 1 heterocycles. The van der Waals surface area contributed by atoms with Crippen molar-refractivity contribution in [3.05, 3.63) is 53.6 Å². The Morgan fingerprint density at radius 2 is 1.96 bits per heavy atom. The largest absolute Gasteiger partial charge is 0.494 e.